The molecule has 0 unspecified atom stereocenters. The molecule has 0 saturated heterocycles. The highest BCUT2D eigenvalue weighted by Crippen LogP contribution is 2.42. The van der Waals surface area contributed by atoms with Gasteiger partial charge < -0.3 is 5.32 Å². The third-order valence-electron chi connectivity index (χ3n) is 8.10. The largest absolute Gasteiger partial charge is 0.360 e. The molecule has 2 aromatic heterocycles. The average molecular weight is 500 g/mol. The molecule has 0 spiro atoms. The standard InChI is InChI=1S/C33H33N5/c1-5-33(6-2)23-36(38-31(33)29-17-19-37(32(29)35-38)28-15-11-8-12-16-28)20-18-34-30-24(3)21-27(22-25(30)4)26-13-9-7-10-14-26/h7,9-11,13-22,34H,5-6,23H2,1-4H3/b20-18-. The van der Waals surface area contributed by atoms with Gasteiger partial charge >= 0.3 is 0 Å². The predicted molar refractivity (Wildman–Crippen MR) is 156 cm³/mol. The van der Waals surface area contributed by atoms with Gasteiger partial charge in [0.1, 0.15) is 0 Å². The van der Waals surface area contributed by atoms with Gasteiger partial charge in [0.25, 0.3) is 0 Å². The van der Waals surface area contributed by atoms with Crippen molar-refractivity contribution in [2.75, 3.05) is 16.9 Å². The molecule has 0 fully saturated rings. The van der Waals surface area contributed by atoms with Crippen LogP contribution in [0.5, 0.6) is 0 Å². The highest BCUT2D eigenvalue weighted by atomic mass is 15.7. The van der Waals surface area contributed by atoms with Crippen molar-refractivity contribution in [1.82, 2.24) is 14.5 Å². The van der Waals surface area contributed by atoms with E-state index in [9.17, 15) is 0 Å². The second kappa shape index (κ2) is 9.46. The first kappa shape index (κ1) is 23.9. The van der Waals surface area contributed by atoms with Gasteiger partial charge in [-0.25, -0.2) is 0 Å². The van der Waals surface area contributed by atoms with Gasteiger partial charge in [0.15, 0.2) is 5.65 Å². The molecule has 5 heteroatoms. The molecule has 0 atom stereocenters. The molecule has 1 aliphatic heterocycles. The lowest BCUT2D eigenvalue weighted by Crippen LogP contribution is -2.32. The summed E-state index contributed by atoms with van der Waals surface area (Å²) in [5.74, 6) is 0. The topological polar surface area (TPSA) is 38.0 Å². The van der Waals surface area contributed by atoms with Gasteiger partial charge in [0, 0.05) is 41.2 Å². The zero-order chi connectivity index (χ0) is 26.3. The zero-order valence-electron chi connectivity index (χ0n) is 22.5. The minimum absolute atomic E-state index is 0.0467. The van der Waals surface area contributed by atoms with Gasteiger partial charge in [0.2, 0.25) is 0 Å². The van der Waals surface area contributed by atoms with E-state index in [0.717, 1.165) is 36.4 Å². The Morgan fingerprint density at radius 2 is 1.74 bits per heavy atom. The number of aromatic nitrogens is 3. The van der Waals surface area contributed by atoms with Crippen molar-refractivity contribution in [2.24, 2.45) is 0 Å². The Bertz CT molecular complexity index is 1580. The van der Waals surface area contributed by atoms with Crippen molar-refractivity contribution >= 4 is 16.7 Å². The highest BCUT2D eigenvalue weighted by molar-refractivity contribution is 5.83. The SMILES string of the molecule is CCC1(CC)CN(/C=C\Nc2c(C)cc(-c3ccccc3)cc2C)n2nc3c(ccn3-c3cc#ccc3)c21. The normalized spacial score (nSPS) is 14.3. The molecule has 3 aromatic carbocycles. The van der Waals surface area contributed by atoms with Crippen molar-refractivity contribution in [3.05, 3.63) is 114 Å². The minimum Gasteiger partial charge on any atom is -0.360 e. The quantitative estimate of drug-likeness (QED) is 0.255. The number of benzene rings is 2. The maximum atomic E-state index is 5.11. The molecular weight excluding hydrogens is 466 g/mol. The molecule has 0 bridgehead atoms. The number of aryl methyl sites for hydroxylation is 2. The van der Waals surface area contributed by atoms with Crippen LogP contribution in [0.4, 0.5) is 5.69 Å². The lowest BCUT2D eigenvalue weighted by Gasteiger charge is -2.25. The van der Waals surface area contributed by atoms with Crippen LogP contribution in [0.25, 0.3) is 27.8 Å². The molecule has 5 nitrogen and oxygen atoms in total. The Kier molecular flexibility index (Phi) is 5.96. The molecule has 0 aliphatic carbocycles. The van der Waals surface area contributed by atoms with Crippen LogP contribution in [0, 0.1) is 26.0 Å². The van der Waals surface area contributed by atoms with Crippen LogP contribution in [0.1, 0.15) is 43.5 Å². The molecule has 0 radical (unpaired) electrons. The van der Waals surface area contributed by atoms with E-state index in [4.69, 9.17) is 5.10 Å². The third kappa shape index (κ3) is 3.85. The fraction of sp³-hybridized carbons (Fsp3) is 0.242. The summed E-state index contributed by atoms with van der Waals surface area (Å²) in [5, 5.41) is 12.1. The number of nitrogens with zero attached hydrogens (tertiary/aromatic N) is 4. The Labute approximate surface area is 225 Å². The van der Waals surface area contributed by atoms with Crippen LogP contribution in [0.15, 0.2) is 85.3 Å². The predicted octanol–water partition coefficient (Wildman–Crippen LogP) is 7.30. The van der Waals surface area contributed by atoms with E-state index >= 15 is 0 Å². The molecule has 190 valence electrons. The maximum absolute atomic E-state index is 5.11. The molecule has 1 aliphatic rings. The Balaban J connectivity index is 1.32. The molecule has 3 heterocycles. The lowest BCUT2D eigenvalue weighted by atomic mass is 9.79. The maximum Gasteiger partial charge on any atom is 0.168 e. The van der Waals surface area contributed by atoms with E-state index in [1.165, 1.54) is 33.3 Å². The smallest absolute Gasteiger partial charge is 0.168 e. The Morgan fingerprint density at radius 1 is 0.974 bits per heavy atom. The summed E-state index contributed by atoms with van der Waals surface area (Å²) in [6.45, 7) is 9.82. The minimum atomic E-state index is 0.0467. The number of rotatable bonds is 7. The molecule has 38 heavy (non-hydrogen) atoms. The first-order valence-corrected chi connectivity index (χ1v) is 13.4. The second-order valence-corrected chi connectivity index (χ2v) is 10.2. The van der Waals surface area contributed by atoms with Crippen molar-refractivity contribution in [3.8, 4) is 16.8 Å². The van der Waals surface area contributed by atoms with Gasteiger partial charge in [-0.1, -0.05) is 56.3 Å². The monoisotopic (exact) mass is 499 g/mol. The molecule has 0 amide bonds. The first-order valence-electron chi connectivity index (χ1n) is 13.4. The Morgan fingerprint density at radius 3 is 2.42 bits per heavy atom. The highest BCUT2D eigenvalue weighted by Gasteiger charge is 2.43. The third-order valence-corrected chi connectivity index (χ3v) is 8.10. The number of hydrogen-bond acceptors (Lipinski definition) is 3. The van der Waals surface area contributed by atoms with Gasteiger partial charge in [0.05, 0.1) is 17.9 Å². The summed E-state index contributed by atoms with van der Waals surface area (Å²) in [5.41, 5.74) is 9.44. The van der Waals surface area contributed by atoms with Crippen molar-refractivity contribution in [2.45, 2.75) is 46.0 Å². The van der Waals surface area contributed by atoms with Gasteiger partial charge in [-0.2, -0.15) is 4.79 Å². The summed E-state index contributed by atoms with van der Waals surface area (Å²) in [6.07, 6.45) is 8.40. The van der Waals surface area contributed by atoms with Gasteiger partial charge in [-0.15, -0.1) is 5.10 Å². The van der Waals surface area contributed by atoms with E-state index in [0.29, 0.717) is 0 Å². The van der Waals surface area contributed by atoms with Crippen molar-refractivity contribution < 1.29 is 0 Å². The molecule has 1 N–H and O–H groups in total. The molecule has 5 aromatic rings. The summed E-state index contributed by atoms with van der Waals surface area (Å²) in [4.78, 5) is 2.11. The van der Waals surface area contributed by atoms with Crippen LogP contribution in [-0.2, 0) is 5.41 Å². The lowest BCUT2D eigenvalue weighted by molar-refractivity contribution is 0.430. The van der Waals surface area contributed by atoms with E-state index in [2.05, 4.69) is 120 Å². The van der Waals surface area contributed by atoms with E-state index in [1.807, 2.05) is 24.4 Å². The molecule has 6 rings (SSSR count). The molecule has 0 saturated carbocycles. The molecular formula is C33H33N5. The van der Waals surface area contributed by atoms with Crippen LogP contribution in [0.2, 0.25) is 0 Å². The van der Waals surface area contributed by atoms with Crippen LogP contribution in [0.3, 0.4) is 0 Å². The van der Waals surface area contributed by atoms with Crippen molar-refractivity contribution in [1.29, 1.82) is 0 Å². The van der Waals surface area contributed by atoms with Crippen LogP contribution in [-0.4, -0.2) is 21.0 Å². The number of fused-ring (bicyclic) bond motifs is 3. The fourth-order valence-corrected chi connectivity index (χ4v) is 5.91. The zero-order valence-corrected chi connectivity index (χ0v) is 22.5. The van der Waals surface area contributed by atoms with Gasteiger partial charge in [-0.05, 0) is 79.3 Å². The van der Waals surface area contributed by atoms with Crippen LogP contribution < -0.4 is 10.3 Å². The first-order chi connectivity index (χ1) is 18.5. The number of anilines is 1. The average Bonchev–Trinajstić information content (AvgIpc) is 3.61. The van der Waals surface area contributed by atoms with E-state index < -0.39 is 0 Å². The van der Waals surface area contributed by atoms with Gasteiger partial charge in [-0.3, -0.25) is 9.58 Å². The van der Waals surface area contributed by atoms with Crippen molar-refractivity contribution in [3.63, 3.8) is 0 Å². The number of hydrogen-bond donors (Lipinski definition) is 1. The summed E-state index contributed by atoms with van der Waals surface area (Å²) < 4.78 is 2.14. The van der Waals surface area contributed by atoms with E-state index in [1.54, 1.807) is 0 Å². The summed E-state index contributed by atoms with van der Waals surface area (Å²) >= 11 is 0. The number of nitrogens with one attached hydrogen (secondary N) is 1. The summed E-state index contributed by atoms with van der Waals surface area (Å²) in [7, 11) is 0. The second-order valence-electron chi connectivity index (χ2n) is 10.2. The Hall–Kier alpha value is -4.43. The van der Waals surface area contributed by atoms with E-state index in [-0.39, 0.29) is 5.41 Å². The fourth-order valence-electron chi connectivity index (χ4n) is 5.91. The summed E-state index contributed by atoms with van der Waals surface area (Å²) in [6, 6.07) is 29.2. The van der Waals surface area contributed by atoms with Crippen LogP contribution >= 0.6 is 0 Å².